The van der Waals surface area contributed by atoms with Crippen molar-refractivity contribution in [3.05, 3.63) is 58.1 Å². The maximum absolute atomic E-state index is 5.89. The van der Waals surface area contributed by atoms with Gasteiger partial charge < -0.3 is 10.5 Å². The van der Waals surface area contributed by atoms with E-state index < -0.39 is 0 Å². The van der Waals surface area contributed by atoms with Crippen LogP contribution in [0.3, 0.4) is 0 Å². The Hall–Kier alpha value is -1.32. The Bertz CT molecular complexity index is 564. The molecule has 106 valence electrons. The van der Waals surface area contributed by atoms with Crippen molar-refractivity contribution >= 4 is 15.9 Å². The first kappa shape index (κ1) is 15.1. The lowest BCUT2D eigenvalue weighted by Crippen LogP contribution is -2.17. The van der Waals surface area contributed by atoms with Gasteiger partial charge in [-0.3, -0.25) is 0 Å². The number of aryl methyl sites for hydroxylation is 1. The van der Waals surface area contributed by atoms with E-state index in [0.717, 1.165) is 28.8 Å². The summed E-state index contributed by atoms with van der Waals surface area (Å²) in [7, 11) is 0. The topological polar surface area (TPSA) is 35.2 Å². The molecule has 0 bridgehead atoms. The Kier molecular flexibility index (Phi) is 5.21. The number of rotatable bonds is 5. The number of halogens is 1. The van der Waals surface area contributed by atoms with E-state index >= 15 is 0 Å². The maximum atomic E-state index is 5.89. The molecule has 0 saturated heterocycles. The summed E-state index contributed by atoms with van der Waals surface area (Å²) in [6.07, 6.45) is 1.90. The van der Waals surface area contributed by atoms with Gasteiger partial charge >= 0.3 is 0 Å². The van der Waals surface area contributed by atoms with Crippen LogP contribution in [0, 0.1) is 0 Å². The van der Waals surface area contributed by atoms with Gasteiger partial charge in [0.15, 0.2) is 0 Å². The van der Waals surface area contributed by atoms with Crippen LogP contribution in [-0.2, 0) is 12.8 Å². The first-order valence-electron chi connectivity index (χ1n) is 6.89. The molecule has 0 heterocycles. The molecule has 2 aromatic rings. The molecule has 20 heavy (non-hydrogen) atoms. The van der Waals surface area contributed by atoms with Gasteiger partial charge in [0.2, 0.25) is 0 Å². The average Bonchev–Trinajstić information content (AvgIpc) is 2.42. The van der Waals surface area contributed by atoms with E-state index in [4.69, 9.17) is 10.5 Å². The molecule has 0 aromatic heterocycles. The predicted octanol–water partition coefficient (Wildman–Crippen LogP) is 4.69. The van der Waals surface area contributed by atoms with Gasteiger partial charge in [0.05, 0.1) is 4.47 Å². The fourth-order valence-corrected chi connectivity index (χ4v) is 2.55. The largest absolute Gasteiger partial charge is 0.456 e. The van der Waals surface area contributed by atoms with Gasteiger partial charge in [-0.05, 0) is 71.1 Å². The van der Waals surface area contributed by atoms with E-state index in [2.05, 4.69) is 47.1 Å². The maximum Gasteiger partial charge on any atom is 0.141 e. The van der Waals surface area contributed by atoms with Gasteiger partial charge in [0.25, 0.3) is 0 Å². The molecule has 2 aromatic carbocycles. The minimum Gasteiger partial charge on any atom is -0.456 e. The zero-order chi connectivity index (χ0) is 14.5. The van der Waals surface area contributed by atoms with Crippen LogP contribution in [0.15, 0.2) is 46.9 Å². The van der Waals surface area contributed by atoms with Gasteiger partial charge in [-0.2, -0.15) is 0 Å². The third kappa shape index (κ3) is 4.09. The second-order valence-electron chi connectivity index (χ2n) is 5.05. The zero-order valence-electron chi connectivity index (χ0n) is 11.9. The van der Waals surface area contributed by atoms with E-state index in [0.29, 0.717) is 0 Å². The SMILES string of the molecule is CCc1ccc(Oc2ccc(CC(C)N)cc2Br)cc1. The Morgan fingerprint density at radius 3 is 2.30 bits per heavy atom. The smallest absolute Gasteiger partial charge is 0.141 e. The molecule has 0 saturated carbocycles. The first-order valence-corrected chi connectivity index (χ1v) is 7.68. The van der Waals surface area contributed by atoms with E-state index in [1.165, 1.54) is 11.1 Å². The molecule has 1 atom stereocenters. The lowest BCUT2D eigenvalue weighted by Gasteiger charge is -2.11. The molecule has 0 aliphatic rings. The molecular weight excluding hydrogens is 314 g/mol. The number of hydrogen-bond acceptors (Lipinski definition) is 2. The lowest BCUT2D eigenvalue weighted by molar-refractivity contribution is 0.479. The first-order chi connectivity index (χ1) is 9.58. The second-order valence-corrected chi connectivity index (χ2v) is 5.90. The van der Waals surface area contributed by atoms with Crippen molar-refractivity contribution in [2.24, 2.45) is 5.73 Å². The fourth-order valence-electron chi connectivity index (χ4n) is 2.05. The monoisotopic (exact) mass is 333 g/mol. The summed E-state index contributed by atoms with van der Waals surface area (Å²) in [6, 6.07) is 14.5. The van der Waals surface area contributed by atoms with Gasteiger partial charge in [-0.25, -0.2) is 0 Å². The molecule has 1 unspecified atom stereocenters. The predicted molar refractivity (Wildman–Crippen MR) is 87.4 cm³/mol. The van der Waals surface area contributed by atoms with Crippen molar-refractivity contribution in [1.82, 2.24) is 0 Å². The number of nitrogens with two attached hydrogens (primary N) is 1. The van der Waals surface area contributed by atoms with Crippen molar-refractivity contribution < 1.29 is 4.74 Å². The van der Waals surface area contributed by atoms with E-state index in [1.54, 1.807) is 0 Å². The molecule has 2 nitrogen and oxygen atoms in total. The molecule has 0 radical (unpaired) electrons. The molecule has 0 fully saturated rings. The molecule has 0 aliphatic heterocycles. The molecule has 0 amide bonds. The summed E-state index contributed by atoms with van der Waals surface area (Å²) < 4.78 is 6.84. The quantitative estimate of drug-likeness (QED) is 0.861. The summed E-state index contributed by atoms with van der Waals surface area (Å²) in [4.78, 5) is 0. The third-order valence-corrected chi connectivity index (χ3v) is 3.73. The zero-order valence-corrected chi connectivity index (χ0v) is 13.5. The Morgan fingerprint density at radius 1 is 1.10 bits per heavy atom. The highest BCUT2D eigenvalue weighted by atomic mass is 79.9. The molecule has 2 rings (SSSR count). The second kappa shape index (κ2) is 6.91. The van der Waals surface area contributed by atoms with Crippen molar-refractivity contribution in [1.29, 1.82) is 0 Å². The summed E-state index contributed by atoms with van der Waals surface area (Å²) in [5, 5.41) is 0. The molecular formula is C17H20BrNO. The van der Waals surface area contributed by atoms with Crippen molar-refractivity contribution in [2.75, 3.05) is 0 Å². The summed E-state index contributed by atoms with van der Waals surface area (Å²) in [6.45, 7) is 4.15. The van der Waals surface area contributed by atoms with Crippen molar-refractivity contribution in [3.8, 4) is 11.5 Å². The highest BCUT2D eigenvalue weighted by molar-refractivity contribution is 9.10. The van der Waals surface area contributed by atoms with Gasteiger partial charge in [-0.1, -0.05) is 25.1 Å². The fraction of sp³-hybridized carbons (Fsp3) is 0.294. The van der Waals surface area contributed by atoms with E-state index in [9.17, 15) is 0 Å². The molecule has 0 aliphatic carbocycles. The van der Waals surface area contributed by atoms with Gasteiger partial charge in [-0.15, -0.1) is 0 Å². The lowest BCUT2D eigenvalue weighted by atomic mass is 10.1. The van der Waals surface area contributed by atoms with E-state index in [1.807, 2.05) is 25.1 Å². The number of ether oxygens (including phenoxy) is 1. The van der Waals surface area contributed by atoms with Crippen LogP contribution in [0.25, 0.3) is 0 Å². The minimum absolute atomic E-state index is 0.162. The van der Waals surface area contributed by atoms with Crippen LogP contribution < -0.4 is 10.5 Å². The highest BCUT2D eigenvalue weighted by Crippen LogP contribution is 2.30. The van der Waals surface area contributed by atoms with Crippen LogP contribution >= 0.6 is 15.9 Å². The van der Waals surface area contributed by atoms with Crippen LogP contribution in [-0.4, -0.2) is 6.04 Å². The number of hydrogen-bond donors (Lipinski definition) is 1. The summed E-state index contributed by atoms with van der Waals surface area (Å²) in [5.74, 6) is 1.67. The summed E-state index contributed by atoms with van der Waals surface area (Å²) >= 11 is 3.56. The van der Waals surface area contributed by atoms with Gasteiger partial charge in [0.1, 0.15) is 11.5 Å². The highest BCUT2D eigenvalue weighted by Gasteiger charge is 2.06. The average molecular weight is 334 g/mol. The van der Waals surface area contributed by atoms with Crippen LogP contribution in [0.1, 0.15) is 25.0 Å². The summed E-state index contributed by atoms with van der Waals surface area (Å²) in [5.41, 5.74) is 8.33. The minimum atomic E-state index is 0.162. The molecule has 3 heteroatoms. The Balaban J connectivity index is 2.12. The standard InChI is InChI=1S/C17H20BrNO/c1-3-13-4-7-15(8-5-13)20-17-9-6-14(10-12(2)19)11-16(17)18/h4-9,11-12H,3,10,19H2,1-2H3. The Labute approximate surface area is 129 Å². The normalized spacial score (nSPS) is 12.2. The van der Waals surface area contributed by atoms with Crippen LogP contribution in [0.2, 0.25) is 0 Å². The van der Waals surface area contributed by atoms with Gasteiger partial charge in [0, 0.05) is 6.04 Å². The van der Waals surface area contributed by atoms with Crippen molar-refractivity contribution in [2.45, 2.75) is 32.7 Å². The molecule has 0 spiro atoms. The number of benzene rings is 2. The van der Waals surface area contributed by atoms with E-state index in [-0.39, 0.29) is 6.04 Å². The van der Waals surface area contributed by atoms with Crippen LogP contribution in [0.4, 0.5) is 0 Å². The van der Waals surface area contributed by atoms with Crippen LogP contribution in [0.5, 0.6) is 11.5 Å². The van der Waals surface area contributed by atoms with Crippen molar-refractivity contribution in [3.63, 3.8) is 0 Å². The molecule has 2 N–H and O–H groups in total. The third-order valence-electron chi connectivity index (χ3n) is 3.11. The Morgan fingerprint density at radius 2 is 1.75 bits per heavy atom.